The van der Waals surface area contributed by atoms with Gasteiger partial charge in [-0.1, -0.05) is 0 Å². The van der Waals surface area contributed by atoms with Gasteiger partial charge in [0, 0.05) is 18.5 Å². The first-order chi connectivity index (χ1) is 8.05. The van der Waals surface area contributed by atoms with Crippen LogP contribution < -0.4 is 0 Å². The number of alkyl halides is 1. The van der Waals surface area contributed by atoms with Crippen molar-refractivity contribution in [3.05, 3.63) is 22.4 Å². The van der Waals surface area contributed by atoms with E-state index in [9.17, 15) is 8.42 Å². The summed E-state index contributed by atoms with van der Waals surface area (Å²) in [6.07, 6.45) is 1.94. The standard InChI is InChI=1S/C11H16ClNO2S2/c1-9(6-12)17(14,15)13(11-2-3-11)7-10-4-5-16-8-10/h4-5,8-9,11H,2-3,6-7H2,1H3. The second-order valence-electron chi connectivity index (χ2n) is 4.42. The molecule has 0 aliphatic heterocycles. The van der Waals surface area contributed by atoms with E-state index in [0.717, 1.165) is 18.4 Å². The lowest BCUT2D eigenvalue weighted by molar-refractivity contribution is 0.394. The summed E-state index contributed by atoms with van der Waals surface area (Å²) >= 11 is 7.27. The molecule has 1 aliphatic rings. The Morgan fingerprint density at radius 1 is 1.59 bits per heavy atom. The Bertz CT molecular complexity index is 454. The van der Waals surface area contributed by atoms with E-state index in [1.807, 2.05) is 16.8 Å². The molecule has 0 amide bonds. The molecule has 0 bridgehead atoms. The fraction of sp³-hybridized carbons (Fsp3) is 0.636. The highest BCUT2D eigenvalue weighted by Gasteiger charge is 2.39. The number of halogens is 1. The van der Waals surface area contributed by atoms with Gasteiger partial charge in [0.2, 0.25) is 10.0 Å². The quantitative estimate of drug-likeness (QED) is 0.756. The predicted molar refractivity (Wildman–Crippen MR) is 72.0 cm³/mol. The van der Waals surface area contributed by atoms with Gasteiger partial charge in [-0.15, -0.1) is 11.6 Å². The average molecular weight is 294 g/mol. The van der Waals surface area contributed by atoms with Crippen molar-refractivity contribution in [1.29, 1.82) is 0 Å². The topological polar surface area (TPSA) is 37.4 Å². The number of thiophene rings is 1. The molecule has 6 heteroatoms. The van der Waals surface area contributed by atoms with Crippen LogP contribution in [-0.4, -0.2) is 29.9 Å². The SMILES string of the molecule is CC(CCl)S(=O)(=O)N(Cc1ccsc1)C1CC1. The minimum Gasteiger partial charge on any atom is -0.212 e. The molecule has 3 nitrogen and oxygen atoms in total. The molecule has 1 atom stereocenters. The first kappa shape index (κ1) is 13.3. The Balaban J connectivity index is 2.17. The lowest BCUT2D eigenvalue weighted by atomic mass is 10.3. The van der Waals surface area contributed by atoms with Crippen LogP contribution in [0.25, 0.3) is 0 Å². The maximum absolute atomic E-state index is 12.3. The third-order valence-electron chi connectivity index (χ3n) is 2.93. The molecule has 1 heterocycles. The van der Waals surface area contributed by atoms with Crippen molar-refractivity contribution in [1.82, 2.24) is 4.31 Å². The summed E-state index contributed by atoms with van der Waals surface area (Å²) in [6, 6.07) is 2.16. The maximum Gasteiger partial charge on any atom is 0.218 e. The fourth-order valence-electron chi connectivity index (χ4n) is 1.66. The Hall–Kier alpha value is -0.100. The van der Waals surface area contributed by atoms with Crippen LogP contribution in [0, 0.1) is 0 Å². The predicted octanol–water partition coefficient (Wildman–Crippen LogP) is 2.67. The number of rotatable bonds is 6. The van der Waals surface area contributed by atoms with Gasteiger partial charge in [-0.25, -0.2) is 8.42 Å². The molecule has 1 fully saturated rings. The molecule has 1 aromatic heterocycles. The Labute approximate surface area is 111 Å². The first-order valence-electron chi connectivity index (χ1n) is 5.63. The molecule has 2 rings (SSSR count). The summed E-state index contributed by atoms with van der Waals surface area (Å²) in [4.78, 5) is 0. The molecule has 1 aliphatic carbocycles. The molecule has 17 heavy (non-hydrogen) atoms. The largest absolute Gasteiger partial charge is 0.218 e. The molecule has 0 aromatic carbocycles. The van der Waals surface area contributed by atoms with Gasteiger partial charge in [0.15, 0.2) is 0 Å². The van der Waals surface area contributed by atoms with E-state index < -0.39 is 15.3 Å². The lowest BCUT2D eigenvalue weighted by Crippen LogP contribution is -2.39. The number of hydrogen-bond donors (Lipinski definition) is 0. The molecule has 1 unspecified atom stereocenters. The van der Waals surface area contributed by atoms with Gasteiger partial charge in [0.1, 0.15) is 0 Å². The van der Waals surface area contributed by atoms with Gasteiger partial charge >= 0.3 is 0 Å². The summed E-state index contributed by atoms with van der Waals surface area (Å²) in [7, 11) is -3.26. The normalized spacial score (nSPS) is 18.5. The van der Waals surface area contributed by atoms with E-state index in [0.29, 0.717) is 6.54 Å². The average Bonchev–Trinajstić information content (AvgIpc) is 3.01. The van der Waals surface area contributed by atoms with E-state index >= 15 is 0 Å². The van der Waals surface area contributed by atoms with Gasteiger partial charge in [-0.3, -0.25) is 0 Å². The van der Waals surface area contributed by atoms with Crippen molar-refractivity contribution in [2.75, 3.05) is 5.88 Å². The van der Waals surface area contributed by atoms with Crippen molar-refractivity contribution in [3.8, 4) is 0 Å². The number of nitrogens with zero attached hydrogens (tertiary/aromatic N) is 1. The molecule has 0 saturated heterocycles. The molecule has 0 radical (unpaired) electrons. The van der Waals surface area contributed by atoms with Crippen LogP contribution in [0.5, 0.6) is 0 Å². The maximum atomic E-state index is 12.3. The minimum absolute atomic E-state index is 0.148. The minimum atomic E-state index is -3.26. The second-order valence-corrected chi connectivity index (χ2v) is 7.81. The molecule has 1 aromatic rings. The monoisotopic (exact) mass is 293 g/mol. The fourth-order valence-corrected chi connectivity index (χ4v) is 4.38. The third-order valence-corrected chi connectivity index (χ3v) is 6.57. The summed E-state index contributed by atoms with van der Waals surface area (Å²) in [5.41, 5.74) is 1.06. The zero-order chi connectivity index (χ0) is 12.5. The summed E-state index contributed by atoms with van der Waals surface area (Å²) in [5.74, 6) is 0.148. The first-order valence-corrected chi connectivity index (χ1v) is 8.61. The smallest absolute Gasteiger partial charge is 0.212 e. The van der Waals surface area contributed by atoms with Crippen molar-refractivity contribution in [2.24, 2.45) is 0 Å². The molecule has 0 spiro atoms. The molecule has 0 N–H and O–H groups in total. The lowest BCUT2D eigenvalue weighted by Gasteiger charge is -2.24. The Morgan fingerprint density at radius 3 is 2.76 bits per heavy atom. The van der Waals surface area contributed by atoms with Crippen LogP contribution in [0.2, 0.25) is 0 Å². The highest BCUT2D eigenvalue weighted by Crippen LogP contribution is 2.32. The van der Waals surface area contributed by atoms with E-state index in [-0.39, 0.29) is 11.9 Å². The van der Waals surface area contributed by atoms with Crippen LogP contribution in [0.4, 0.5) is 0 Å². The highest BCUT2D eigenvalue weighted by molar-refractivity contribution is 7.89. The molecular formula is C11H16ClNO2S2. The second kappa shape index (κ2) is 5.26. The summed E-state index contributed by atoms with van der Waals surface area (Å²) in [6.45, 7) is 2.16. The van der Waals surface area contributed by atoms with Crippen LogP contribution in [-0.2, 0) is 16.6 Å². The molecular weight excluding hydrogens is 278 g/mol. The molecule has 96 valence electrons. The number of hydrogen-bond acceptors (Lipinski definition) is 3. The van der Waals surface area contributed by atoms with Crippen molar-refractivity contribution in [3.63, 3.8) is 0 Å². The summed E-state index contributed by atoms with van der Waals surface area (Å²) in [5, 5.41) is 3.46. The third kappa shape index (κ3) is 3.02. The van der Waals surface area contributed by atoms with Gasteiger partial charge in [0.25, 0.3) is 0 Å². The van der Waals surface area contributed by atoms with Crippen molar-refractivity contribution in [2.45, 2.75) is 37.6 Å². The van der Waals surface area contributed by atoms with Crippen molar-refractivity contribution >= 4 is 33.0 Å². The van der Waals surface area contributed by atoms with E-state index in [2.05, 4.69) is 0 Å². The van der Waals surface area contributed by atoms with Crippen LogP contribution in [0.3, 0.4) is 0 Å². The zero-order valence-electron chi connectivity index (χ0n) is 9.67. The van der Waals surface area contributed by atoms with Crippen molar-refractivity contribution < 1.29 is 8.42 Å². The van der Waals surface area contributed by atoms with E-state index in [1.165, 1.54) is 0 Å². The Kier molecular flexibility index (Phi) is 4.13. The van der Waals surface area contributed by atoms with Gasteiger partial charge in [0.05, 0.1) is 5.25 Å². The van der Waals surface area contributed by atoms with Gasteiger partial charge in [-0.2, -0.15) is 15.6 Å². The van der Waals surface area contributed by atoms with Gasteiger partial charge in [-0.05, 0) is 42.2 Å². The van der Waals surface area contributed by atoms with E-state index in [1.54, 1.807) is 22.6 Å². The summed E-state index contributed by atoms with van der Waals surface area (Å²) < 4.78 is 26.3. The van der Waals surface area contributed by atoms with Gasteiger partial charge < -0.3 is 0 Å². The highest BCUT2D eigenvalue weighted by atomic mass is 35.5. The number of sulfonamides is 1. The van der Waals surface area contributed by atoms with Crippen LogP contribution >= 0.6 is 22.9 Å². The Morgan fingerprint density at radius 2 is 2.29 bits per heavy atom. The zero-order valence-corrected chi connectivity index (χ0v) is 12.1. The molecule has 1 saturated carbocycles. The van der Waals surface area contributed by atoms with Crippen LogP contribution in [0.1, 0.15) is 25.3 Å². The van der Waals surface area contributed by atoms with E-state index in [4.69, 9.17) is 11.6 Å². The van der Waals surface area contributed by atoms with Crippen LogP contribution in [0.15, 0.2) is 16.8 Å².